The van der Waals surface area contributed by atoms with E-state index < -0.39 is 30.0 Å². The fourth-order valence-corrected chi connectivity index (χ4v) is 2.69. The number of anilines is 2. The van der Waals surface area contributed by atoms with E-state index in [1.54, 1.807) is 6.07 Å². The third kappa shape index (κ3) is 1.78. The average Bonchev–Trinajstić information content (AvgIpc) is 3.08. The van der Waals surface area contributed by atoms with Crippen molar-refractivity contribution < 1.29 is 20.1 Å². The largest absolute Gasteiger partial charge is 0.392 e. The van der Waals surface area contributed by atoms with Gasteiger partial charge < -0.3 is 31.5 Å². The Bertz CT molecular complexity index is 900. The molecule has 24 heavy (non-hydrogen) atoms. The van der Waals surface area contributed by atoms with Gasteiger partial charge in [-0.2, -0.15) is 10.2 Å². The molecule has 1 saturated heterocycles. The highest BCUT2D eigenvalue weighted by Crippen LogP contribution is 2.44. The summed E-state index contributed by atoms with van der Waals surface area (Å²) in [6, 6.07) is 1.77. The molecular weight excluding hydrogens is 318 g/mol. The molecule has 4 atom stereocenters. The van der Waals surface area contributed by atoms with Crippen LogP contribution in [0.4, 0.5) is 11.8 Å². The second kappa shape index (κ2) is 5.02. The molecule has 0 aromatic carbocycles. The molecule has 2 aromatic rings. The summed E-state index contributed by atoms with van der Waals surface area (Å²) in [6.07, 6.45) is 2.97. The molecule has 0 aliphatic carbocycles. The Labute approximate surface area is 135 Å². The number of fused-ring (bicyclic) bond motifs is 1. The van der Waals surface area contributed by atoms with Crippen molar-refractivity contribution in [1.82, 2.24) is 19.6 Å². The molecule has 11 nitrogen and oxygen atoms in total. The topological polar surface area (TPSA) is 189 Å². The van der Waals surface area contributed by atoms with Crippen molar-refractivity contribution in [3.8, 4) is 18.4 Å². The first-order valence-electron chi connectivity index (χ1n) is 6.68. The second-order valence-corrected chi connectivity index (χ2v) is 5.27. The molecule has 3 heterocycles. The number of ether oxygens (including phenoxy) is 1. The van der Waals surface area contributed by atoms with E-state index in [9.17, 15) is 20.6 Å². The van der Waals surface area contributed by atoms with Crippen molar-refractivity contribution >= 4 is 17.4 Å². The minimum atomic E-state index is -2.15. The number of aromatic nitrogens is 4. The van der Waals surface area contributed by atoms with Gasteiger partial charge in [0.2, 0.25) is 11.5 Å². The summed E-state index contributed by atoms with van der Waals surface area (Å²) in [5.41, 5.74) is 7.12. The van der Waals surface area contributed by atoms with Gasteiger partial charge in [0, 0.05) is 0 Å². The number of hydrogen-bond acceptors (Lipinski definition) is 10. The standard InChI is InChI=1S/C13H13N7O4/c1-2-12(5-21)7(22)8(23)13(4-14,24-12)6-3-17-10-9(15)18-11(16)19-20(6)10/h1,3,7-8,21-23H,5H2,(H4,15,16,18,19)/t7-,8?,12-,13+/m1/s1. The number of imidazole rings is 1. The number of nitrogens with zero attached hydrogens (tertiary/aromatic N) is 5. The highest BCUT2D eigenvalue weighted by molar-refractivity contribution is 5.61. The normalized spacial score (nSPS) is 32.5. The van der Waals surface area contributed by atoms with Gasteiger partial charge in [0.25, 0.3) is 0 Å². The highest BCUT2D eigenvalue weighted by Gasteiger charge is 2.64. The molecule has 124 valence electrons. The fourth-order valence-electron chi connectivity index (χ4n) is 2.69. The number of rotatable bonds is 2. The van der Waals surface area contributed by atoms with Crippen LogP contribution in [-0.2, 0) is 10.3 Å². The Hall–Kier alpha value is -2.96. The summed E-state index contributed by atoms with van der Waals surface area (Å²) in [4.78, 5) is 7.71. The summed E-state index contributed by atoms with van der Waals surface area (Å²) in [5, 5.41) is 43.7. The van der Waals surface area contributed by atoms with Crippen LogP contribution in [0, 0.1) is 23.7 Å². The zero-order chi connectivity index (χ0) is 17.7. The molecule has 1 aliphatic rings. The summed E-state index contributed by atoms with van der Waals surface area (Å²) < 4.78 is 6.56. The average molecular weight is 331 g/mol. The van der Waals surface area contributed by atoms with E-state index in [-0.39, 0.29) is 23.1 Å². The maximum atomic E-state index is 10.4. The summed E-state index contributed by atoms with van der Waals surface area (Å²) in [7, 11) is 0. The minimum Gasteiger partial charge on any atom is -0.392 e. The Kier molecular flexibility index (Phi) is 3.33. The van der Waals surface area contributed by atoms with Gasteiger partial charge in [-0.3, -0.25) is 0 Å². The number of aliphatic hydroxyl groups is 3. The van der Waals surface area contributed by atoms with Gasteiger partial charge in [0.1, 0.15) is 24.0 Å². The van der Waals surface area contributed by atoms with Gasteiger partial charge in [-0.1, -0.05) is 5.92 Å². The van der Waals surface area contributed by atoms with Crippen LogP contribution in [0.2, 0.25) is 0 Å². The minimum absolute atomic E-state index is 0.0553. The van der Waals surface area contributed by atoms with Crippen molar-refractivity contribution in [3.05, 3.63) is 11.9 Å². The summed E-state index contributed by atoms with van der Waals surface area (Å²) in [6.45, 7) is -0.818. The second-order valence-electron chi connectivity index (χ2n) is 5.27. The van der Waals surface area contributed by atoms with Crippen LogP contribution in [0.15, 0.2) is 6.20 Å². The molecule has 0 saturated carbocycles. The third-order valence-corrected chi connectivity index (χ3v) is 3.97. The van der Waals surface area contributed by atoms with Crippen LogP contribution in [0.5, 0.6) is 0 Å². The molecule has 11 heteroatoms. The quantitative estimate of drug-likeness (QED) is 0.357. The van der Waals surface area contributed by atoms with Gasteiger partial charge in [0.15, 0.2) is 17.1 Å². The van der Waals surface area contributed by atoms with Crippen LogP contribution in [0.3, 0.4) is 0 Å². The van der Waals surface area contributed by atoms with Crippen molar-refractivity contribution in [3.63, 3.8) is 0 Å². The molecule has 0 bridgehead atoms. The molecule has 1 unspecified atom stereocenters. The monoisotopic (exact) mass is 331 g/mol. The number of nitrogens with two attached hydrogens (primary N) is 2. The molecule has 0 spiro atoms. The molecule has 0 radical (unpaired) electrons. The lowest BCUT2D eigenvalue weighted by Crippen LogP contribution is -2.45. The van der Waals surface area contributed by atoms with Crippen LogP contribution >= 0.6 is 0 Å². The van der Waals surface area contributed by atoms with Crippen LogP contribution in [-0.4, -0.2) is 59.3 Å². The molecule has 7 N–H and O–H groups in total. The zero-order valence-electron chi connectivity index (χ0n) is 12.2. The van der Waals surface area contributed by atoms with E-state index in [0.29, 0.717) is 0 Å². The summed E-state index contributed by atoms with van der Waals surface area (Å²) in [5.74, 6) is 1.83. The molecule has 0 amide bonds. The molecule has 1 aliphatic heterocycles. The predicted octanol–water partition coefficient (Wildman–Crippen LogP) is -2.88. The molecule has 1 fully saturated rings. The van der Waals surface area contributed by atoms with E-state index in [1.165, 1.54) is 6.20 Å². The van der Waals surface area contributed by atoms with Crippen molar-refractivity contribution in [2.75, 3.05) is 18.1 Å². The number of hydrogen-bond donors (Lipinski definition) is 5. The Balaban J connectivity index is 2.28. The lowest BCUT2D eigenvalue weighted by Gasteiger charge is -2.25. The van der Waals surface area contributed by atoms with E-state index >= 15 is 0 Å². The van der Waals surface area contributed by atoms with Gasteiger partial charge in [-0.25, -0.2) is 9.50 Å². The first-order chi connectivity index (χ1) is 11.3. The first-order valence-corrected chi connectivity index (χ1v) is 6.68. The maximum Gasteiger partial charge on any atom is 0.240 e. The van der Waals surface area contributed by atoms with Gasteiger partial charge in [0.05, 0.1) is 12.8 Å². The predicted molar refractivity (Wildman–Crippen MR) is 78.6 cm³/mol. The van der Waals surface area contributed by atoms with Crippen molar-refractivity contribution in [1.29, 1.82) is 5.26 Å². The molecule has 2 aromatic heterocycles. The summed E-state index contributed by atoms with van der Waals surface area (Å²) >= 11 is 0. The van der Waals surface area contributed by atoms with E-state index in [4.69, 9.17) is 22.6 Å². The van der Waals surface area contributed by atoms with Crippen LogP contribution < -0.4 is 11.5 Å². The lowest BCUT2D eigenvalue weighted by molar-refractivity contribution is -0.101. The number of nitriles is 1. The molecular formula is C13H13N7O4. The number of aliphatic hydroxyl groups excluding tert-OH is 3. The fraction of sp³-hybridized carbons (Fsp3) is 0.385. The zero-order valence-corrected chi connectivity index (χ0v) is 12.2. The van der Waals surface area contributed by atoms with Gasteiger partial charge >= 0.3 is 0 Å². The van der Waals surface area contributed by atoms with Crippen LogP contribution in [0.1, 0.15) is 5.69 Å². The van der Waals surface area contributed by atoms with Crippen LogP contribution in [0.25, 0.3) is 5.65 Å². The van der Waals surface area contributed by atoms with Crippen molar-refractivity contribution in [2.45, 2.75) is 23.4 Å². The lowest BCUT2D eigenvalue weighted by atomic mass is 9.89. The number of nitrogen functional groups attached to an aromatic ring is 2. The highest BCUT2D eigenvalue weighted by atomic mass is 16.6. The van der Waals surface area contributed by atoms with Crippen molar-refractivity contribution in [2.24, 2.45) is 0 Å². The third-order valence-electron chi connectivity index (χ3n) is 3.97. The van der Waals surface area contributed by atoms with Gasteiger partial charge in [-0.05, 0) is 0 Å². The van der Waals surface area contributed by atoms with E-state index in [2.05, 4.69) is 21.0 Å². The Morgan fingerprint density at radius 1 is 1.42 bits per heavy atom. The smallest absolute Gasteiger partial charge is 0.240 e. The Morgan fingerprint density at radius 2 is 2.12 bits per heavy atom. The Morgan fingerprint density at radius 3 is 2.67 bits per heavy atom. The SMILES string of the molecule is C#C[C@]1(CO)O[C@@](C#N)(c2cnc3c(N)nc(N)nn23)C(O)[C@H]1O. The van der Waals surface area contributed by atoms with Gasteiger partial charge in [-0.15, -0.1) is 11.5 Å². The number of terminal acetylenes is 1. The first kappa shape index (κ1) is 15.9. The molecule has 3 rings (SSSR count). The van der Waals surface area contributed by atoms with E-state index in [0.717, 1.165) is 4.52 Å². The van der Waals surface area contributed by atoms with E-state index in [1.807, 2.05) is 0 Å². The maximum absolute atomic E-state index is 10.4.